The summed E-state index contributed by atoms with van der Waals surface area (Å²) in [5, 5.41) is 2.52. The second kappa shape index (κ2) is 16.0. The summed E-state index contributed by atoms with van der Waals surface area (Å²) in [6, 6.07) is 89.7. The number of benzene rings is 10. The van der Waals surface area contributed by atoms with Crippen molar-refractivity contribution in [1.29, 1.82) is 0 Å². The van der Waals surface area contributed by atoms with Crippen molar-refractivity contribution in [2.45, 2.75) is 31.1 Å². The highest BCUT2D eigenvalue weighted by molar-refractivity contribution is 6.16. The number of hydrogen-bond donors (Lipinski definition) is 0. The van der Waals surface area contributed by atoms with Gasteiger partial charge in [0.05, 0.1) is 16.7 Å². The van der Waals surface area contributed by atoms with Crippen LogP contribution in [0, 0.1) is 0 Å². The summed E-state index contributed by atoms with van der Waals surface area (Å²) in [6.07, 6.45) is 4.97. The molecule has 1 spiro atoms. The van der Waals surface area contributed by atoms with E-state index in [1.54, 1.807) is 0 Å². The zero-order chi connectivity index (χ0) is 44.3. The molecule has 0 N–H and O–H groups in total. The molecule has 0 bridgehead atoms. The first-order chi connectivity index (χ1) is 33.2. The molecular formula is C65H48N2. The summed E-state index contributed by atoms with van der Waals surface area (Å²) >= 11 is 0. The smallest absolute Gasteiger partial charge is 0.0547 e. The van der Waals surface area contributed by atoms with Crippen LogP contribution in [0.15, 0.2) is 243 Å². The van der Waals surface area contributed by atoms with Crippen LogP contribution in [0.25, 0.3) is 83.1 Å². The van der Waals surface area contributed by atoms with E-state index in [9.17, 15) is 0 Å². The van der Waals surface area contributed by atoms with Crippen LogP contribution in [0.1, 0.15) is 36.8 Å². The molecule has 1 aromatic heterocycles. The number of rotatable bonds is 8. The lowest BCUT2D eigenvalue weighted by Crippen LogP contribution is -2.20. The Hall–Kier alpha value is -8.20. The molecule has 67 heavy (non-hydrogen) atoms. The third-order valence-electron chi connectivity index (χ3n) is 14.8. The maximum atomic E-state index is 2.50. The van der Waals surface area contributed by atoms with Gasteiger partial charge in [-0.25, -0.2) is 0 Å². The van der Waals surface area contributed by atoms with E-state index in [1.807, 2.05) is 0 Å². The van der Waals surface area contributed by atoms with Gasteiger partial charge in [0.25, 0.3) is 0 Å². The lowest BCUT2D eigenvalue weighted by atomic mass is 9.77. The number of aromatic nitrogens is 1. The van der Waals surface area contributed by atoms with E-state index in [4.69, 9.17) is 0 Å². The average Bonchev–Trinajstić information content (AvgIpc) is 4.11. The van der Waals surface area contributed by atoms with Crippen molar-refractivity contribution in [2.75, 3.05) is 4.90 Å². The molecule has 0 amide bonds. The summed E-state index contributed by atoms with van der Waals surface area (Å²) in [4.78, 5) is 2.50. The van der Waals surface area contributed by atoms with Crippen LogP contribution in [0.4, 0.5) is 17.1 Å². The molecule has 1 saturated carbocycles. The van der Waals surface area contributed by atoms with Crippen LogP contribution in [-0.2, 0) is 5.41 Å². The van der Waals surface area contributed by atoms with E-state index in [0.717, 1.165) is 22.7 Å². The zero-order valence-electron chi connectivity index (χ0n) is 37.3. The van der Waals surface area contributed by atoms with Gasteiger partial charge >= 0.3 is 0 Å². The van der Waals surface area contributed by atoms with Gasteiger partial charge in [0.15, 0.2) is 0 Å². The largest absolute Gasteiger partial charge is 0.310 e. The van der Waals surface area contributed by atoms with E-state index in [1.165, 1.54) is 114 Å². The first kappa shape index (κ1) is 39.2. The second-order valence-electron chi connectivity index (χ2n) is 18.3. The quantitative estimate of drug-likeness (QED) is 0.148. The zero-order valence-corrected chi connectivity index (χ0v) is 37.3. The maximum Gasteiger partial charge on any atom is 0.0547 e. The topological polar surface area (TPSA) is 8.17 Å². The van der Waals surface area contributed by atoms with Gasteiger partial charge in [-0.1, -0.05) is 201 Å². The van der Waals surface area contributed by atoms with E-state index >= 15 is 0 Å². The van der Waals surface area contributed by atoms with Gasteiger partial charge in [-0.05, 0) is 129 Å². The molecule has 0 unspecified atom stereocenters. The summed E-state index contributed by atoms with van der Waals surface area (Å²) in [6.45, 7) is 0. The van der Waals surface area contributed by atoms with Gasteiger partial charge in [0.1, 0.15) is 0 Å². The van der Waals surface area contributed by atoms with Gasteiger partial charge < -0.3 is 9.47 Å². The van der Waals surface area contributed by atoms with Crippen LogP contribution in [-0.4, -0.2) is 4.57 Å². The lowest BCUT2D eigenvalue weighted by Gasteiger charge is -2.30. The first-order valence-electron chi connectivity index (χ1n) is 23.8. The number of hydrogen-bond acceptors (Lipinski definition) is 1. The Kier molecular flexibility index (Phi) is 9.39. The molecule has 10 aromatic carbocycles. The van der Waals surface area contributed by atoms with Crippen molar-refractivity contribution >= 4 is 38.9 Å². The van der Waals surface area contributed by atoms with Crippen molar-refractivity contribution in [2.24, 2.45) is 0 Å². The normalized spacial score (nSPS) is 13.6. The van der Waals surface area contributed by atoms with Gasteiger partial charge in [-0.15, -0.1) is 0 Å². The minimum Gasteiger partial charge on any atom is -0.310 e. The molecule has 1 heterocycles. The van der Waals surface area contributed by atoms with Gasteiger partial charge in [-0.3, -0.25) is 0 Å². The predicted molar refractivity (Wildman–Crippen MR) is 282 cm³/mol. The molecule has 2 aliphatic carbocycles. The van der Waals surface area contributed by atoms with Crippen molar-refractivity contribution < 1.29 is 0 Å². The van der Waals surface area contributed by atoms with E-state index in [-0.39, 0.29) is 5.41 Å². The Morgan fingerprint density at radius 1 is 0.343 bits per heavy atom. The van der Waals surface area contributed by atoms with Gasteiger partial charge in [0, 0.05) is 38.8 Å². The summed E-state index contributed by atoms with van der Waals surface area (Å²) < 4.78 is 2.40. The highest BCUT2D eigenvalue weighted by Gasteiger charge is 2.45. The average molecular weight is 857 g/mol. The molecule has 0 saturated heterocycles. The van der Waals surface area contributed by atoms with E-state index in [2.05, 4.69) is 252 Å². The number of anilines is 3. The molecule has 1 fully saturated rings. The molecule has 11 aromatic rings. The molecule has 2 heteroatoms. The Bertz CT molecular complexity index is 3630. The van der Waals surface area contributed by atoms with Crippen LogP contribution in [0.2, 0.25) is 0 Å². The minimum atomic E-state index is 0.102. The molecule has 0 atom stereocenters. The third kappa shape index (κ3) is 6.32. The Labute approximate surface area is 392 Å². The van der Waals surface area contributed by atoms with Crippen LogP contribution < -0.4 is 4.90 Å². The molecule has 0 radical (unpaired) electrons. The Morgan fingerprint density at radius 3 is 1.63 bits per heavy atom. The number of fused-ring (bicyclic) bond motifs is 8. The molecule has 2 nitrogen and oxygen atoms in total. The van der Waals surface area contributed by atoms with Gasteiger partial charge in [-0.2, -0.15) is 0 Å². The van der Waals surface area contributed by atoms with Crippen LogP contribution in [0.3, 0.4) is 0 Å². The van der Waals surface area contributed by atoms with Crippen molar-refractivity contribution in [3.63, 3.8) is 0 Å². The fourth-order valence-electron chi connectivity index (χ4n) is 11.9. The fraction of sp³-hybridized carbons (Fsp3) is 0.0769. The molecule has 318 valence electrons. The van der Waals surface area contributed by atoms with E-state index < -0.39 is 0 Å². The van der Waals surface area contributed by atoms with E-state index in [0.29, 0.717) is 0 Å². The SMILES string of the molecule is c1ccc(-c2ccccc2-c2ccccc2-c2ccccc2N(c2ccc(-c3cccc4c3c3ccccc3n4-c3ccccc3)cc2)c2ccc3c(c2)-c2ccccc2C32CCCC2)cc1. The summed E-state index contributed by atoms with van der Waals surface area (Å²) in [7, 11) is 0. The van der Waals surface area contributed by atoms with Gasteiger partial charge in [0.2, 0.25) is 0 Å². The molecule has 0 aliphatic heterocycles. The monoisotopic (exact) mass is 856 g/mol. The maximum absolute atomic E-state index is 2.50. The first-order valence-corrected chi connectivity index (χ1v) is 23.8. The minimum absolute atomic E-state index is 0.102. The summed E-state index contributed by atoms with van der Waals surface area (Å²) in [5.41, 5.74) is 22.5. The number of nitrogens with zero attached hydrogens (tertiary/aromatic N) is 2. The molecule has 2 aliphatic rings. The highest BCUT2D eigenvalue weighted by atomic mass is 15.1. The van der Waals surface area contributed by atoms with Crippen LogP contribution in [0.5, 0.6) is 0 Å². The third-order valence-corrected chi connectivity index (χ3v) is 14.8. The van der Waals surface area contributed by atoms with Crippen LogP contribution >= 0.6 is 0 Å². The Balaban J connectivity index is 1.000. The Morgan fingerprint density at radius 2 is 0.866 bits per heavy atom. The number of para-hydroxylation sites is 3. The summed E-state index contributed by atoms with van der Waals surface area (Å²) in [5.74, 6) is 0. The fourth-order valence-corrected chi connectivity index (χ4v) is 11.9. The molecular weight excluding hydrogens is 809 g/mol. The van der Waals surface area contributed by atoms with Crippen molar-refractivity contribution in [3.05, 3.63) is 254 Å². The predicted octanol–water partition coefficient (Wildman–Crippen LogP) is 17.8. The lowest BCUT2D eigenvalue weighted by molar-refractivity contribution is 0.550. The molecule has 13 rings (SSSR count). The second-order valence-corrected chi connectivity index (χ2v) is 18.3. The highest BCUT2D eigenvalue weighted by Crippen LogP contribution is 2.58. The van der Waals surface area contributed by atoms with Crippen molar-refractivity contribution in [1.82, 2.24) is 4.57 Å². The standard InChI is InChI=1S/C65H48N2/c1-3-20-45(21-4-1)50-24-7-8-25-52(50)53-26-9-10-27-54(53)56-29-12-15-33-61(56)66(49-40-41-60-58(44-49)55-28-11-14-32-59(55)65(60)42-17-18-43-65)48-38-36-46(37-39-48)51-31-19-35-63-64(51)57-30-13-16-34-62(57)67(63)47-22-5-2-6-23-47/h1-16,19-41,44H,17-18,42-43H2. The van der Waals surface area contributed by atoms with Crippen molar-refractivity contribution in [3.8, 4) is 61.3 Å².